The molecule has 3 aromatic rings. The quantitative estimate of drug-likeness (QED) is 0.418. The lowest BCUT2D eigenvalue weighted by atomic mass is 9.84. The van der Waals surface area contributed by atoms with Gasteiger partial charge in [-0.15, -0.1) is 0 Å². The van der Waals surface area contributed by atoms with Crippen molar-refractivity contribution in [1.82, 2.24) is 14.8 Å². The first-order valence-electron chi connectivity index (χ1n) is 14.1. The lowest BCUT2D eigenvalue weighted by molar-refractivity contribution is 0.0910. The van der Waals surface area contributed by atoms with Crippen LogP contribution in [0, 0.1) is 11.8 Å². The number of benzene rings is 2. The second-order valence-corrected chi connectivity index (χ2v) is 11.5. The second-order valence-electron chi connectivity index (χ2n) is 11.5. The molecule has 5 heteroatoms. The molecule has 5 rings (SSSR count). The van der Waals surface area contributed by atoms with Crippen LogP contribution in [0.25, 0.3) is 10.9 Å². The summed E-state index contributed by atoms with van der Waals surface area (Å²) in [6.45, 7) is 7.26. The van der Waals surface area contributed by atoms with Crippen molar-refractivity contribution in [2.75, 3.05) is 19.6 Å². The Morgan fingerprint density at radius 3 is 2.41 bits per heavy atom. The number of para-hydroxylation sites is 1. The Morgan fingerprint density at radius 2 is 1.68 bits per heavy atom. The van der Waals surface area contributed by atoms with Gasteiger partial charge in [-0.05, 0) is 86.7 Å². The van der Waals surface area contributed by atoms with Gasteiger partial charge in [0.25, 0.3) is 5.91 Å². The number of Topliss-reactive ketones (excluding diaryl/α,β-unsaturated/α-hetero) is 1. The molecule has 0 saturated heterocycles. The number of rotatable bonds is 7. The molecule has 196 valence electrons. The number of carbonyl (C=O) groups excluding carboxylic acids is 2. The fraction of sp³-hybridized carbons (Fsp3) is 0.500. The van der Waals surface area contributed by atoms with Gasteiger partial charge in [-0.25, -0.2) is 0 Å². The summed E-state index contributed by atoms with van der Waals surface area (Å²) in [5.74, 6) is 1.07. The fourth-order valence-electron chi connectivity index (χ4n) is 6.21. The molecule has 2 heterocycles. The predicted molar refractivity (Wildman–Crippen MR) is 150 cm³/mol. The Morgan fingerprint density at radius 1 is 0.946 bits per heavy atom. The zero-order valence-corrected chi connectivity index (χ0v) is 22.6. The Kier molecular flexibility index (Phi) is 7.80. The number of fused-ring (bicyclic) bond motifs is 2. The van der Waals surface area contributed by atoms with Crippen molar-refractivity contribution >= 4 is 22.6 Å². The van der Waals surface area contributed by atoms with Crippen LogP contribution >= 0.6 is 0 Å². The van der Waals surface area contributed by atoms with E-state index in [0.717, 1.165) is 73.4 Å². The molecule has 1 fully saturated rings. The summed E-state index contributed by atoms with van der Waals surface area (Å²) in [6.07, 6.45) is 7.84. The summed E-state index contributed by atoms with van der Waals surface area (Å²) in [4.78, 5) is 28.0. The van der Waals surface area contributed by atoms with Crippen LogP contribution in [0.3, 0.4) is 0 Å². The van der Waals surface area contributed by atoms with Crippen molar-refractivity contribution in [2.24, 2.45) is 18.9 Å². The highest BCUT2D eigenvalue weighted by molar-refractivity contribution is 5.99. The number of aromatic nitrogens is 1. The van der Waals surface area contributed by atoms with Crippen LogP contribution in [-0.4, -0.2) is 46.8 Å². The summed E-state index contributed by atoms with van der Waals surface area (Å²) in [6, 6.07) is 16.8. The molecule has 37 heavy (non-hydrogen) atoms. The third-order valence-corrected chi connectivity index (χ3v) is 8.63. The van der Waals surface area contributed by atoms with Crippen molar-refractivity contribution in [3.05, 3.63) is 70.9 Å². The van der Waals surface area contributed by atoms with E-state index in [1.165, 1.54) is 30.4 Å². The summed E-state index contributed by atoms with van der Waals surface area (Å²) in [5.41, 5.74) is 5.47. The lowest BCUT2D eigenvalue weighted by Gasteiger charge is -2.30. The number of amides is 1. The van der Waals surface area contributed by atoms with E-state index < -0.39 is 0 Å². The van der Waals surface area contributed by atoms with Crippen LogP contribution in [0.15, 0.2) is 48.5 Å². The van der Waals surface area contributed by atoms with Crippen LogP contribution in [0.5, 0.6) is 0 Å². The summed E-state index contributed by atoms with van der Waals surface area (Å²) in [7, 11) is 1.97. The van der Waals surface area contributed by atoms with E-state index in [0.29, 0.717) is 0 Å². The average Bonchev–Trinajstić information content (AvgIpc) is 3.11. The molecule has 0 unspecified atom stereocenters. The number of nitrogens with zero attached hydrogens (tertiary/aromatic N) is 2. The maximum absolute atomic E-state index is 13.0. The zero-order chi connectivity index (χ0) is 25.9. The van der Waals surface area contributed by atoms with E-state index in [-0.39, 0.29) is 23.7 Å². The van der Waals surface area contributed by atoms with Crippen LogP contribution in [0.4, 0.5) is 0 Å². The normalized spacial score (nSPS) is 20.5. The minimum Gasteiger partial charge on any atom is -0.348 e. The van der Waals surface area contributed by atoms with Crippen molar-refractivity contribution in [2.45, 2.75) is 64.8 Å². The molecule has 0 bridgehead atoms. The molecule has 0 atom stereocenters. The average molecular weight is 500 g/mol. The highest BCUT2D eigenvalue weighted by atomic mass is 16.2. The van der Waals surface area contributed by atoms with Crippen LogP contribution < -0.4 is 5.32 Å². The number of nitrogens with one attached hydrogen (secondary N) is 1. The van der Waals surface area contributed by atoms with E-state index in [9.17, 15) is 9.59 Å². The number of ketones is 1. The fourth-order valence-corrected chi connectivity index (χ4v) is 6.21. The molecule has 1 N–H and O–H groups in total. The maximum atomic E-state index is 13.0. The summed E-state index contributed by atoms with van der Waals surface area (Å²) < 4.78 is 2.00. The lowest BCUT2D eigenvalue weighted by Crippen LogP contribution is -2.38. The molecular formula is C32H41N3O2. The van der Waals surface area contributed by atoms with Gasteiger partial charge in [-0.2, -0.15) is 0 Å². The van der Waals surface area contributed by atoms with Gasteiger partial charge in [-0.3, -0.25) is 9.59 Å². The first-order valence-corrected chi connectivity index (χ1v) is 14.1. The Bertz CT molecular complexity index is 1270. The predicted octanol–water partition coefficient (Wildman–Crippen LogP) is 5.80. The van der Waals surface area contributed by atoms with Crippen LogP contribution in [-0.2, 0) is 19.9 Å². The number of carbonyl (C=O) groups is 2. The van der Waals surface area contributed by atoms with Crippen molar-refractivity contribution < 1.29 is 9.59 Å². The van der Waals surface area contributed by atoms with Gasteiger partial charge >= 0.3 is 0 Å². The third kappa shape index (κ3) is 5.82. The van der Waals surface area contributed by atoms with Crippen LogP contribution in [0.2, 0.25) is 0 Å². The molecule has 1 aliphatic heterocycles. The van der Waals surface area contributed by atoms with Crippen molar-refractivity contribution in [3.63, 3.8) is 0 Å². The van der Waals surface area contributed by atoms with Crippen molar-refractivity contribution in [1.29, 1.82) is 0 Å². The van der Waals surface area contributed by atoms with Gasteiger partial charge in [-0.1, -0.05) is 44.2 Å². The van der Waals surface area contributed by atoms with Gasteiger partial charge in [0.05, 0.1) is 0 Å². The first kappa shape index (κ1) is 25.7. The minimum absolute atomic E-state index is 0.0435. The molecule has 1 saturated carbocycles. The minimum atomic E-state index is 0.0435. The van der Waals surface area contributed by atoms with Gasteiger partial charge < -0.3 is 14.8 Å². The molecule has 1 aliphatic carbocycles. The molecule has 0 radical (unpaired) electrons. The van der Waals surface area contributed by atoms with Gasteiger partial charge in [0.15, 0.2) is 5.78 Å². The Balaban J connectivity index is 1.07. The van der Waals surface area contributed by atoms with Gasteiger partial charge in [0.2, 0.25) is 0 Å². The van der Waals surface area contributed by atoms with Crippen LogP contribution in [0.1, 0.15) is 77.9 Å². The van der Waals surface area contributed by atoms with E-state index >= 15 is 0 Å². The first-order chi connectivity index (χ1) is 17.9. The van der Waals surface area contributed by atoms with E-state index in [4.69, 9.17) is 0 Å². The third-order valence-electron chi connectivity index (χ3n) is 8.63. The second kappa shape index (κ2) is 11.2. The highest BCUT2D eigenvalue weighted by Crippen LogP contribution is 2.28. The molecule has 2 aliphatic rings. The molecule has 0 spiro atoms. The number of aryl methyl sites for hydroxylation is 1. The molecular weight excluding hydrogens is 458 g/mol. The van der Waals surface area contributed by atoms with Gasteiger partial charge in [0, 0.05) is 48.6 Å². The monoisotopic (exact) mass is 499 g/mol. The highest BCUT2D eigenvalue weighted by Gasteiger charge is 2.25. The number of hydrogen-bond donors (Lipinski definition) is 1. The molecule has 1 aromatic heterocycles. The van der Waals surface area contributed by atoms with Gasteiger partial charge in [0.1, 0.15) is 5.69 Å². The van der Waals surface area contributed by atoms with E-state index in [1.54, 1.807) is 0 Å². The largest absolute Gasteiger partial charge is 0.348 e. The number of hydrogen-bond acceptors (Lipinski definition) is 3. The van der Waals surface area contributed by atoms with E-state index in [1.807, 2.05) is 49.7 Å². The standard InChI is InChI=1S/C32H41N3O2/c1-22(2)31(36)27-11-10-24-15-18-35(19-16-25(24)20-27)17-14-23-8-12-28(13-9-23)33-32(37)30-21-26-6-4-5-7-29(26)34(30)3/h4-7,10-11,20-23,28H,8-9,12-19H2,1-3H3,(H,33,37). The zero-order valence-electron chi connectivity index (χ0n) is 22.6. The molecule has 5 nitrogen and oxygen atoms in total. The summed E-state index contributed by atoms with van der Waals surface area (Å²) >= 11 is 0. The SMILES string of the molecule is CC(C)C(=O)c1ccc2c(c1)CCN(CCC1CCC(NC(=O)c3cc4ccccc4n3C)CC1)CC2. The molecule has 2 aromatic carbocycles. The summed E-state index contributed by atoms with van der Waals surface area (Å²) in [5, 5.41) is 4.42. The molecule has 1 amide bonds. The van der Waals surface area contributed by atoms with E-state index in [2.05, 4.69) is 34.5 Å². The Labute approximate surface area is 221 Å². The maximum Gasteiger partial charge on any atom is 0.268 e. The van der Waals surface area contributed by atoms with Crippen molar-refractivity contribution in [3.8, 4) is 0 Å². The topological polar surface area (TPSA) is 54.3 Å². The Hall–Kier alpha value is -2.92. The smallest absolute Gasteiger partial charge is 0.268 e.